The first-order chi connectivity index (χ1) is 10.7. The topological polar surface area (TPSA) is 59.0 Å². The van der Waals surface area contributed by atoms with Crippen LogP contribution in [0, 0.1) is 5.92 Å². The average molecular weight is 306 g/mol. The zero-order chi connectivity index (χ0) is 15.8. The van der Waals surface area contributed by atoms with E-state index in [1.54, 1.807) is 0 Å². The molecule has 1 amide bonds. The summed E-state index contributed by atoms with van der Waals surface area (Å²) in [5.74, 6) is 0.533. The summed E-state index contributed by atoms with van der Waals surface area (Å²) in [5, 5.41) is 10.9. The first-order valence-corrected chi connectivity index (χ1v) is 8.78. The smallest absolute Gasteiger partial charge is 0.271 e. The number of amides is 1. The van der Waals surface area contributed by atoms with E-state index in [1.807, 2.05) is 16.9 Å². The molecule has 124 valence electrons. The van der Waals surface area contributed by atoms with E-state index in [1.165, 1.54) is 25.7 Å². The standard InChI is InChI=1S/C17H30N4O/c1-3-5-7-14(4-2)12-19-17(22)16-9-11-21(20-16)15-8-6-10-18-13-15/h9,11,14-15,18H,3-8,10,12-13H2,1-2H3,(H,19,22). The van der Waals surface area contributed by atoms with Crippen LogP contribution in [0.1, 0.15) is 68.9 Å². The number of rotatable bonds is 8. The zero-order valence-corrected chi connectivity index (χ0v) is 14.0. The van der Waals surface area contributed by atoms with Crippen LogP contribution < -0.4 is 10.6 Å². The van der Waals surface area contributed by atoms with Gasteiger partial charge in [0.2, 0.25) is 0 Å². The molecular weight excluding hydrogens is 276 g/mol. The lowest BCUT2D eigenvalue weighted by atomic mass is 9.99. The van der Waals surface area contributed by atoms with Crippen LogP contribution in [0.25, 0.3) is 0 Å². The summed E-state index contributed by atoms with van der Waals surface area (Å²) in [6.45, 7) is 7.18. The van der Waals surface area contributed by atoms with Crippen molar-refractivity contribution < 1.29 is 4.79 Å². The van der Waals surface area contributed by atoms with Gasteiger partial charge in [0.15, 0.2) is 0 Å². The lowest BCUT2D eigenvalue weighted by Gasteiger charge is -2.22. The van der Waals surface area contributed by atoms with Crippen LogP contribution >= 0.6 is 0 Å². The lowest BCUT2D eigenvalue weighted by Crippen LogP contribution is -2.32. The van der Waals surface area contributed by atoms with Gasteiger partial charge in [-0.05, 0) is 37.8 Å². The molecule has 22 heavy (non-hydrogen) atoms. The van der Waals surface area contributed by atoms with E-state index in [0.717, 1.165) is 32.5 Å². The number of hydrogen-bond acceptors (Lipinski definition) is 3. The third-order valence-electron chi connectivity index (χ3n) is 4.58. The molecule has 0 aromatic carbocycles. The van der Waals surface area contributed by atoms with E-state index >= 15 is 0 Å². The summed E-state index contributed by atoms with van der Waals surface area (Å²) in [7, 11) is 0. The SMILES string of the molecule is CCCCC(CC)CNC(=O)c1ccn(C2CCCNC2)n1. The van der Waals surface area contributed by atoms with E-state index in [0.29, 0.717) is 17.7 Å². The molecule has 5 nitrogen and oxygen atoms in total. The van der Waals surface area contributed by atoms with Gasteiger partial charge in [-0.15, -0.1) is 0 Å². The second-order valence-corrected chi connectivity index (χ2v) is 6.31. The molecule has 5 heteroatoms. The Kier molecular flexibility index (Phi) is 6.90. The summed E-state index contributed by atoms with van der Waals surface area (Å²) < 4.78 is 1.94. The number of nitrogens with one attached hydrogen (secondary N) is 2. The Labute approximate surface area is 133 Å². The van der Waals surface area contributed by atoms with E-state index in [2.05, 4.69) is 29.6 Å². The Morgan fingerprint density at radius 1 is 1.55 bits per heavy atom. The number of carbonyl (C=O) groups is 1. The Bertz CT molecular complexity index is 451. The zero-order valence-electron chi connectivity index (χ0n) is 14.0. The van der Waals surface area contributed by atoms with Gasteiger partial charge in [-0.3, -0.25) is 9.48 Å². The Morgan fingerprint density at radius 3 is 3.09 bits per heavy atom. The van der Waals surface area contributed by atoms with Crippen molar-refractivity contribution in [1.82, 2.24) is 20.4 Å². The van der Waals surface area contributed by atoms with Crippen molar-refractivity contribution >= 4 is 5.91 Å². The molecule has 0 aliphatic carbocycles. The first-order valence-electron chi connectivity index (χ1n) is 8.78. The van der Waals surface area contributed by atoms with Gasteiger partial charge in [0, 0.05) is 19.3 Å². The fourth-order valence-corrected chi connectivity index (χ4v) is 2.99. The highest BCUT2D eigenvalue weighted by atomic mass is 16.1. The van der Waals surface area contributed by atoms with E-state index < -0.39 is 0 Å². The molecule has 2 N–H and O–H groups in total. The number of piperidine rings is 1. The largest absolute Gasteiger partial charge is 0.350 e. The molecule has 0 saturated carbocycles. The number of carbonyl (C=O) groups excluding carboxylic acids is 1. The minimum Gasteiger partial charge on any atom is -0.350 e. The molecule has 1 fully saturated rings. The number of hydrogen-bond donors (Lipinski definition) is 2. The Balaban J connectivity index is 1.83. The van der Waals surface area contributed by atoms with Crippen molar-refractivity contribution in [2.45, 2.75) is 58.4 Å². The lowest BCUT2D eigenvalue weighted by molar-refractivity contribution is 0.0939. The van der Waals surface area contributed by atoms with Crippen molar-refractivity contribution in [2.75, 3.05) is 19.6 Å². The van der Waals surface area contributed by atoms with E-state index in [-0.39, 0.29) is 5.91 Å². The molecule has 1 aliphatic heterocycles. The van der Waals surface area contributed by atoms with Gasteiger partial charge in [-0.25, -0.2) is 0 Å². The highest BCUT2D eigenvalue weighted by molar-refractivity contribution is 5.92. The monoisotopic (exact) mass is 306 g/mol. The van der Waals surface area contributed by atoms with Gasteiger partial charge >= 0.3 is 0 Å². The molecule has 1 aliphatic rings. The van der Waals surface area contributed by atoms with Gasteiger partial charge < -0.3 is 10.6 Å². The molecular formula is C17H30N4O. The molecule has 2 atom stereocenters. The van der Waals surface area contributed by atoms with Crippen molar-refractivity contribution in [2.24, 2.45) is 5.92 Å². The second kappa shape index (κ2) is 8.93. The van der Waals surface area contributed by atoms with Crippen LogP contribution in [0.2, 0.25) is 0 Å². The highest BCUT2D eigenvalue weighted by Gasteiger charge is 2.18. The van der Waals surface area contributed by atoms with Crippen LogP contribution in [-0.4, -0.2) is 35.3 Å². The van der Waals surface area contributed by atoms with Gasteiger partial charge in [0.05, 0.1) is 6.04 Å². The van der Waals surface area contributed by atoms with Gasteiger partial charge in [-0.2, -0.15) is 5.10 Å². The maximum absolute atomic E-state index is 12.2. The first kappa shape index (κ1) is 17.0. The van der Waals surface area contributed by atoms with Gasteiger partial charge in [-0.1, -0.05) is 33.1 Å². The van der Waals surface area contributed by atoms with Crippen LogP contribution in [0.3, 0.4) is 0 Å². The predicted octanol–water partition coefficient (Wildman–Crippen LogP) is 2.75. The van der Waals surface area contributed by atoms with E-state index in [9.17, 15) is 4.79 Å². The summed E-state index contributed by atoms with van der Waals surface area (Å²) in [5.41, 5.74) is 0.538. The fraction of sp³-hybridized carbons (Fsp3) is 0.765. The summed E-state index contributed by atoms with van der Waals surface area (Å²) in [6.07, 6.45) is 8.98. The molecule has 1 saturated heterocycles. The predicted molar refractivity (Wildman–Crippen MR) is 89.0 cm³/mol. The van der Waals surface area contributed by atoms with Crippen LogP contribution in [-0.2, 0) is 0 Å². The third kappa shape index (κ3) is 4.83. The number of unbranched alkanes of at least 4 members (excludes halogenated alkanes) is 1. The van der Waals surface area contributed by atoms with Crippen molar-refractivity contribution in [3.05, 3.63) is 18.0 Å². The van der Waals surface area contributed by atoms with Crippen molar-refractivity contribution in [3.8, 4) is 0 Å². The van der Waals surface area contributed by atoms with Crippen LogP contribution in [0.4, 0.5) is 0 Å². The normalized spacial score (nSPS) is 19.8. The number of nitrogens with zero attached hydrogens (tertiary/aromatic N) is 2. The van der Waals surface area contributed by atoms with Crippen molar-refractivity contribution in [1.29, 1.82) is 0 Å². The quantitative estimate of drug-likeness (QED) is 0.776. The molecule has 1 aromatic rings. The van der Waals surface area contributed by atoms with Gasteiger partial charge in [0.25, 0.3) is 5.91 Å². The van der Waals surface area contributed by atoms with Crippen molar-refractivity contribution in [3.63, 3.8) is 0 Å². The molecule has 2 rings (SSSR count). The van der Waals surface area contributed by atoms with Gasteiger partial charge in [0.1, 0.15) is 5.69 Å². The summed E-state index contributed by atoms with van der Waals surface area (Å²) in [4.78, 5) is 12.2. The third-order valence-corrected chi connectivity index (χ3v) is 4.58. The average Bonchev–Trinajstić information content (AvgIpc) is 3.06. The maximum atomic E-state index is 12.2. The molecule has 0 bridgehead atoms. The second-order valence-electron chi connectivity index (χ2n) is 6.31. The molecule has 1 aromatic heterocycles. The highest BCUT2D eigenvalue weighted by Crippen LogP contribution is 2.16. The van der Waals surface area contributed by atoms with Crippen LogP contribution in [0.15, 0.2) is 12.3 Å². The molecule has 0 radical (unpaired) electrons. The fourth-order valence-electron chi connectivity index (χ4n) is 2.99. The Morgan fingerprint density at radius 2 is 2.41 bits per heavy atom. The summed E-state index contributed by atoms with van der Waals surface area (Å²) >= 11 is 0. The van der Waals surface area contributed by atoms with Crippen LogP contribution in [0.5, 0.6) is 0 Å². The minimum absolute atomic E-state index is 0.0440. The molecule has 2 heterocycles. The summed E-state index contributed by atoms with van der Waals surface area (Å²) in [6, 6.07) is 2.21. The number of aromatic nitrogens is 2. The minimum atomic E-state index is -0.0440. The molecule has 0 spiro atoms. The maximum Gasteiger partial charge on any atom is 0.271 e. The Hall–Kier alpha value is -1.36. The van der Waals surface area contributed by atoms with E-state index in [4.69, 9.17) is 0 Å². The molecule has 2 unspecified atom stereocenters.